The van der Waals surface area contributed by atoms with Crippen molar-refractivity contribution in [2.75, 3.05) is 20.8 Å². The summed E-state index contributed by atoms with van der Waals surface area (Å²) in [6.07, 6.45) is 2.56. The zero-order valence-electron chi connectivity index (χ0n) is 9.90. The third-order valence-corrected chi connectivity index (χ3v) is 3.28. The van der Waals surface area contributed by atoms with Gasteiger partial charge in [-0.3, -0.25) is 0 Å². The molecule has 1 aliphatic carbocycles. The van der Waals surface area contributed by atoms with Crippen molar-refractivity contribution < 1.29 is 9.47 Å². The lowest BCUT2D eigenvalue weighted by atomic mass is 9.93. The van der Waals surface area contributed by atoms with Gasteiger partial charge in [0, 0.05) is 11.5 Å². The smallest absolute Gasteiger partial charge is 0.122 e. The monoisotopic (exact) mass is 221 g/mol. The number of nitrogens with two attached hydrogens (primary N) is 1. The summed E-state index contributed by atoms with van der Waals surface area (Å²) in [6.45, 7) is 0.675. The van der Waals surface area contributed by atoms with E-state index < -0.39 is 0 Å². The lowest BCUT2D eigenvalue weighted by molar-refractivity contribution is 0.392. The third kappa shape index (κ3) is 2.14. The summed E-state index contributed by atoms with van der Waals surface area (Å²) in [5.41, 5.74) is 7.05. The van der Waals surface area contributed by atoms with Crippen molar-refractivity contribution in [3.63, 3.8) is 0 Å². The lowest BCUT2D eigenvalue weighted by Gasteiger charge is -2.18. The summed E-state index contributed by atoms with van der Waals surface area (Å²) in [6, 6.07) is 5.93. The van der Waals surface area contributed by atoms with Gasteiger partial charge in [-0.05, 0) is 43.5 Å². The quantitative estimate of drug-likeness (QED) is 0.828. The molecule has 3 nitrogen and oxygen atoms in total. The minimum absolute atomic E-state index is 0.407. The molecule has 1 aromatic carbocycles. The normalized spacial score (nSPS) is 16.9. The standard InChI is InChI=1S/C13H19NO2/c1-15-10-5-6-13(16-2)11(7-10)12(8-14)9-3-4-9/h5-7,9,12H,3-4,8,14H2,1-2H3. The van der Waals surface area contributed by atoms with Crippen LogP contribution in [0.3, 0.4) is 0 Å². The molecule has 1 aromatic rings. The summed E-state index contributed by atoms with van der Waals surface area (Å²) >= 11 is 0. The Kier molecular flexibility index (Phi) is 3.34. The zero-order chi connectivity index (χ0) is 11.5. The van der Waals surface area contributed by atoms with Crippen LogP contribution >= 0.6 is 0 Å². The average Bonchev–Trinajstić information content (AvgIpc) is 3.14. The van der Waals surface area contributed by atoms with Crippen LogP contribution in [0.25, 0.3) is 0 Å². The van der Waals surface area contributed by atoms with E-state index in [1.54, 1.807) is 14.2 Å². The van der Waals surface area contributed by atoms with Crippen LogP contribution in [0.5, 0.6) is 11.5 Å². The molecular weight excluding hydrogens is 202 g/mol. The highest BCUT2D eigenvalue weighted by Gasteiger charge is 2.33. The van der Waals surface area contributed by atoms with Crippen LogP contribution in [-0.2, 0) is 0 Å². The van der Waals surface area contributed by atoms with Gasteiger partial charge in [-0.25, -0.2) is 0 Å². The molecule has 3 heteroatoms. The minimum atomic E-state index is 0.407. The van der Waals surface area contributed by atoms with Gasteiger partial charge in [0.2, 0.25) is 0 Å². The molecule has 1 fully saturated rings. The van der Waals surface area contributed by atoms with Gasteiger partial charge in [-0.15, -0.1) is 0 Å². The Labute approximate surface area is 96.5 Å². The molecule has 1 saturated carbocycles. The molecule has 1 atom stereocenters. The molecule has 88 valence electrons. The van der Waals surface area contributed by atoms with E-state index in [-0.39, 0.29) is 0 Å². The van der Waals surface area contributed by atoms with Crippen LogP contribution < -0.4 is 15.2 Å². The van der Waals surface area contributed by atoms with E-state index in [1.807, 2.05) is 12.1 Å². The van der Waals surface area contributed by atoms with Gasteiger partial charge in [0.05, 0.1) is 14.2 Å². The molecule has 2 rings (SSSR count). The number of hydrogen-bond acceptors (Lipinski definition) is 3. The first-order valence-corrected chi connectivity index (χ1v) is 5.72. The topological polar surface area (TPSA) is 44.5 Å². The van der Waals surface area contributed by atoms with E-state index in [0.717, 1.165) is 17.4 Å². The molecule has 0 amide bonds. The van der Waals surface area contributed by atoms with Crippen LogP contribution in [0.15, 0.2) is 18.2 Å². The molecule has 2 N–H and O–H groups in total. The second-order valence-electron chi connectivity index (χ2n) is 4.29. The van der Waals surface area contributed by atoms with Gasteiger partial charge in [-0.2, -0.15) is 0 Å². The van der Waals surface area contributed by atoms with Crippen LogP contribution in [-0.4, -0.2) is 20.8 Å². The summed E-state index contributed by atoms with van der Waals surface area (Å²) in [7, 11) is 3.38. The van der Waals surface area contributed by atoms with Crippen molar-refractivity contribution in [2.45, 2.75) is 18.8 Å². The number of rotatable bonds is 5. The highest BCUT2D eigenvalue weighted by atomic mass is 16.5. The predicted octanol–water partition coefficient (Wildman–Crippen LogP) is 2.16. The Morgan fingerprint density at radius 2 is 2.06 bits per heavy atom. The Hall–Kier alpha value is -1.22. The second-order valence-corrected chi connectivity index (χ2v) is 4.29. The fraction of sp³-hybridized carbons (Fsp3) is 0.538. The summed E-state index contributed by atoms with van der Waals surface area (Å²) in [4.78, 5) is 0. The highest BCUT2D eigenvalue weighted by molar-refractivity contribution is 5.43. The van der Waals surface area contributed by atoms with Gasteiger partial charge in [0.25, 0.3) is 0 Å². The Balaban J connectivity index is 2.34. The molecule has 0 spiro atoms. The number of methoxy groups -OCH3 is 2. The fourth-order valence-corrected chi connectivity index (χ4v) is 2.20. The molecule has 0 bridgehead atoms. The molecule has 0 heterocycles. The number of ether oxygens (including phenoxy) is 2. The Morgan fingerprint density at radius 1 is 1.31 bits per heavy atom. The van der Waals surface area contributed by atoms with Crippen molar-refractivity contribution in [3.8, 4) is 11.5 Å². The molecule has 0 aliphatic heterocycles. The van der Waals surface area contributed by atoms with Gasteiger partial charge >= 0.3 is 0 Å². The van der Waals surface area contributed by atoms with Gasteiger partial charge in [0.15, 0.2) is 0 Å². The van der Waals surface area contributed by atoms with Crippen LogP contribution in [0.2, 0.25) is 0 Å². The van der Waals surface area contributed by atoms with E-state index in [2.05, 4.69) is 6.07 Å². The van der Waals surface area contributed by atoms with E-state index >= 15 is 0 Å². The maximum atomic E-state index is 5.86. The maximum absolute atomic E-state index is 5.86. The van der Waals surface area contributed by atoms with E-state index in [9.17, 15) is 0 Å². The molecule has 1 unspecified atom stereocenters. The van der Waals surface area contributed by atoms with Crippen molar-refractivity contribution in [1.82, 2.24) is 0 Å². The van der Waals surface area contributed by atoms with Crippen LogP contribution in [0.4, 0.5) is 0 Å². The third-order valence-electron chi connectivity index (χ3n) is 3.28. The van der Waals surface area contributed by atoms with Gasteiger partial charge in [0.1, 0.15) is 11.5 Å². The minimum Gasteiger partial charge on any atom is -0.497 e. The molecule has 1 aliphatic rings. The highest BCUT2D eigenvalue weighted by Crippen LogP contribution is 2.45. The lowest BCUT2D eigenvalue weighted by Crippen LogP contribution is -2.15. The molecule has 0 radical (unpaired) electrons. The SMILES string of the molecule is COc1ccc(OC)c(C(CN)C2CC2)c1. The molecule has 0 aromatic heterocycles. The van der Waals surface area contributed by atoms with E-state index in [1.165, 1.54) is 18.4 Å². The zero-order valence-corrected chi connectivity index (χ0v) is 9.90. The summed E-state index contributed by atoms with van der Waals surface area (Å²) in [5, 5.41) is 0. The molecular formula is C13H19NO2. The number of benzene rings is 1. The largest absolute Gasteiger partial charge is 0.497 e. The second kappa shape index (κ2) is 4.74. The molecule has 0 saturated heterocycles. The fourth-order valence-electron chi connectivity index (χ4n) is 2.20. The van der Waals surface area contributed by atoms with Gasteiger partial charge in [-0.1, -0.05) is 0 Å². The predicted molar refractivity (Wildman–Crippen MR) is 64.1 cm³/mol. The Morgan fingerprint density at radius 3 is 2.56 bits per heavy atom. The molecule has 16 heavy (non-hydrogen) atoms. The van der Waals surface area contributed by atoms with E-state index in [4.69, 9.17) is 15.2 Å². The van der Waals surface area contributed by atoms with Crippen LogP contribution in [0, 0.1) is 5.92 Å². The van der Waals surface area contributed by atoms with E-state index in [0.29, 0.717) is 12.5 Å². The summed E-state index contributed by atoms with van der Waals surface area (Å²) in [5.74, 6) is 2.93. The average molecular weight is 221 g/mol. The first kappa shape index (κ1) is 11.3. The van der Waals surface area contributed by atoms with Crippen LogP contribution in [0.1, 0.15) is 24.3 Å². The number of hydrogen-bond donors (Lipinski definition) is 1. The van der Waals surface area contributed by atoms with Crippen molar-refractivity contribution in [2.24, 2.45) is 11.7 Å². The maximum Gasteiger partial charge on any atom is 0.122 e. The van der Waals surface area contributed by atoms with Crippen molar-refractivity contribution >= 4 is 0 Å². The Bertz CT molecular complexity index is 361. The first-order chi connectivity index (χ1) is 7.80. The summed E-state index contributed by atoms with van der Waals surface area (Å²) < 4.78 is 10.6. The first-order valence-electron chi connectivity index (χ1n) is 5.72. The van der Waals surface area contributed by atoms with Crippen molar-refractivity contribution in [1.29, 1.82) is 0 Å². The van der Waals surface area contributed by atoms with Gasteiger partial charge < -0.3 is 15.2 Å². The van der Waals surface area contributed by atoms with Crippen molar-refractivity contribution in [3.05, 3.63) is 23.8 Å².